The van der Waals surface area contributed by atoms with Gasteiger partial charge in [0.1, 0.15) is 12.1 Å². The molecule has 4 rings (SSSR count). The number of aromatic nitrogens is 2. The molecule has 0 aliphatic carbocycles. The molecule has 2 heterocycles. The molecule has 0 saturated heterocycles. The maximum Gasteiger partial charge on any atom is 0.231 e. The van der Waals surface area contributed by atoms with Gasteiger partial charge < -0.3 is 14.2 Å². The van der Waals surface area contributed by atoms with Gasteiger partial charge in [0, 0.05) is 11.1 Å². The van der Waals surface area contributed by atoms with E-state index >= 15 is 0 Å². The van der Waals surface area contributed by atoms with E-state index in [4.69, 9.17) is 25.8 Å². The Kier molecular flexibility index (Phi) is 2.79. The van der Waals surface area contributed by atoms with Crippen molar-refractivity contribution in [3.05, 3.63) is 47.7 Å². The standard InChI is InChI=1S/C15H9ClN2O3/c16-9-1-3-12-11(5-9)15(18-7-17-12)21-10-2-4-13-14(6-10)20-8-19-13/h1-7H,8H2. The number of fused-ring (bicyclic) bond motifs is 2. The van der Waals surface area contributed by atoms with Gasteiger partial charge >= 0.3 is 0 Å². The fourth-order valence-electron chi connectivity index (χ4n) is 2.14. The third kappa shape index (κ3) is 2.21. The van der Waals surface area contributed by atoms with Gasteiger partial charge in [-0.25, -0.2) is 9.97 Å². The maximum absolute atomic E-state index is 6.02. The summed E-state index contributed by atoms with van der Waals surface area (Å²) in [5.74, 6) is 2.42. The van der Waals surface area contributed by atoms with Gasteiger partial charge in [0.05, 0.1) is 10.9 Å². The molecule has 0 radical (unpaired) electrons. The smallest absolute Gasteiger partial charge is 0.231 e. The molecule has 0 N–H and O–H groups in total. The van der Waals surface area contributed by atoms with E-state index in [1.165, 1.54) is 6.33 Å². The topological polar surface area (TPSA) is 53.5 Å². The minimum absolute atomic E-state index is 0.227. The molecule has 0 atom stereocenters. The second kappa shape index (κ2) is 4.79. The molecule has 0 saturated carbocycles. The van der Waals surface area contributed by atoms with Gasteiger partial charge in [-0.3, -0.25) is 0 Å². The Morgan fingerprint density at radius 3 is 2.86 bits per heavy atom. The van der Waals surface area contributed by atoms with Crippen molar-refractivity contribution in [2.45, 2.75) is 0 Å². The van der Waals surface area contributed by atoms with E-state index in [2.05, 4.69) is 9.97 Å². The van der Waals surface area contributed by atoms with Crippen molar-refractivity contribution in [2.24, 2.45) is 0 Å². The van der Waals surface area contributed by atoms with Crippen LogP contribution in [0.1, 0.15) is 0 Å². The molecule has 21 heavy (non-hydrogen) atoms. The van der Waals surface area contributed by atoms with Gasteiger partial charge in [-0.05, 0) is 30.3 Å². The van der Waals surface area contributed by atoms with Crippen molar-refractivity contribution in [2.75, 3.05) is 6.79 Å². The van der Waals surface area contributed by atoms with Crippen LogP contribution in [-0.4, -0.2) is 16.8 Å². The molecule has 2 aromatic carbocycles. The Hall–Kier alpha value is -2.53. The van der Waals surface area contributed by atoms with E-state index in [1.54, 1.807) is 30.3 Å². The molecular weight excluding hydrogens is 292 g/mol. The van der Waals surface area contributed by atoms with Gasteiger partial charge in [0.2, 0.25) is 12.7 Å². The number of halogens is 1. The van der Waals surface area contributed by atoms with Crippen molar-refractivity contribution in [3.8, 4) is 23.1 Å². The summed E-state index contributed by atoms with van der Waals surface area (Å²) < 4.78 is 16.4. The average molecular weight is 301 g/mol. The first-order valence-corrected chi connectivity index (χ1v) is 6.65. The van der Waals surface area contributed by atoms with Crippen LogP contribution in [0.5, 0.6) is 23.1 Å². The number of hydrogen-bond donors (Lipinski definition) is 0. The summed E-state index contributed by atoms with van der Waals surface area (Å²) in [6.45, 7) is 0.227. The number of ether oxygens (including phenoxy) is 3. The summed E-state index contributed by atoms with van der Waals surface area (Å²) in [5.41, 5.74) is 0.769. The third-order valence-electron chi connectivity index (χ3n) is 3.12. The van der Waals surface area contributed by atoms with E-state index in [1.807, 2.05) is 6.07 Å². The number of hydrogen-bond acceptors (Lipinski definition) is 5. The fourth-order valence-corrected chi connectivity index (χ4v) is 2.31. The van der Waals surface area contributed by atoms with Gasteiger partial charge in [0.25, 0.3) is 0 Å². The van der Waals surface area contributed by atoms with Crippen LogP contribution in [0.2, 0.25) is 5.02 Å². The highest BCUT2D eigenvalue weighted by Crippen LogP contribution is 2.37. The van der Waals surface area contributed by atoms with Crippen molar-refractivity contribution in [3.63, 3.8) is 0 Å². The monoisotopic (exact) mass is 300 g/mol. The lowest BCUT2D eigenvalue weighted by Crippen LogP contribution is -1.93. The molecule has 6 heteroatoms. The molecule has 0 fully saturated rings. The highest BCUT2D eigenvalue weighted by Gasteiger charge is 2.15. The average Bonchev–Trinajstić information content (AvgIpc) is 2.95. The van der Waals surface area contributed by atoms with Crippen LogP contribution < -0.4 is 14.2 Å². The van der Waals surface area contributed by atoms with E-state index in [0.717, 1.165) is 10.9 Å². The van der Waals surface area contributed by atoms with Crippen LogP contribution in [-0.2, 0) is 0 Å². The summed E-state index contributed by atoms with van der Waals surface area (Å²) in [6.07, 6.45) is 1.46. The first kappa shape index (κ1) is 12.2. The Balaban J connectivity index is 1.75. The zero-order chi connectivity index (χ0) is 14.2. The summed E-state index contributed by atoms with van der Waals surface area (Å²) in [6, 6.07) is 10.7. The second-order valence-corrected chi connectivity index (χ2v) is 4.89. The van der Waals surface area contributed by atoms with Crippen molar-refractivity contribution in [1.29, 1.82) is 0 Å². The Morgan fingerprint density at radius 1 is 1.00 bits per heavy atom. The summed E-state index contributed by atoms with van der Waals surface area (Å²) >= 11 is 6.02. The lowest BCUT2D eigenvalue weighted by atomic mass is 10.2. The first-order valence-electron chi connectivity index (χ1n) is 6.27. The van der Waals surface area contributed by atoms with Gasteiger partial charge in [0.15, 0.2) is 11.5 Å². The molecule has 0 amide bonds. The van der Waals surface area contributed by atoms with Gasteiger partial charge in [-0.1, -0.05) is 11.6 Å². The highest BCUT2D eigenvalue weighted by atomic mass is 35.5. The zero-order valence-electron chi connectivity index (χ0n) is 10.7. The Bertz CT molecular complexity index is 838. The summed E-state index contributed by atoms with van der Waals surface area (Å²) in [7, 11) is 0. The zero-order valence-corrected chi connectivity index (χ0v) is 11.5. The molecule has 0 spiro atoms. The van der Waals surface area contributed by atoms with E-state index in [9.17, 15) is 0 Å². The van der Waals surface area contributed by atoms with Crippen LogP contribution in [0.15, 0.2) is 42.7 Å². The molecule has 3 aromatic rings. The third-order valence-corrected chi connectivity index (χ3v) is 3.35. The van der Waals surface area contributed by atoms with Crippen molar-refractivity contribution < 1.29 is 14.2 Å². The van der Waals surface area contributed by atoms with E-state index in [0.29, 0.717) is 28.2 Å². The fraction of sp³-hybridized carbons (Fsp3) is 0.0667. The summed E-state index contributed by atoms with van der Waals surface area (Å²) in [5, 5.41) is 1.36. The molecule has 1 aliphatic rings. The molecule has 1 aromatic heterocycles. The summed E-state index contributed by atoms with van der Waals surface area (Å²) in [4.78, 5) is 8.36. The van der Waals surface area contributed by atoms with Gasteiger partial charge in [-0.15, -0.1) is 0 Å². The molecule has 0 unspecified atom stereocenters. The number of nitrogens with zero attached hydrogens (tertiary/aromatic N) is 2. The minimum Gasteiger partial charge on any atom is -0.454 e. The first-order chi connectivity index (χ1) is 10.3. The van der Waals surface area contributed by atoms with Crippen molar-refractivity contribution in [1.82, 2.24) is 9.97 Å². The Morgan fingerprint density at radius 2 is 1.90 bits per heavy atom. The van der Waals surface area contributed by atoms with Crippen LogP contribution in [0.4, 0.5) is 0 Å². The normalized spacial score (nSPS) is 12.6. The number of benzene rings is 2. The van der Waals surface area contributed by atoms with Gasteiger partial charge in [-0.2, -0.15) is 0 Å². The lowest BCUT2D eigenvalue weighted by molar-refractivity contribution is 0.174. The van der Waals surface area contributed by atoms with E-state index < -0.39 is 0 Å². The molecule has 104 valence electrons. The molecule has 1 aliphatic heterocycles. The van der Waals surface area contributed by atoms with Crippen LogP contribution in [0.3, 0.4) is 0 Å². The van der Waals surface area contributed by atoms with E-state index in [-0.39, 0.29) is 6.79 Å². The predicted octanol–water partition coefficient (Wildman–Crippen LogP) is 3.80. The van der Waals surface area contributed by atoms with Crippen LogP contribution in [0, 0.1) is 0 Å². The molecule has 0 bridgehead atoms. The Labute approximate surface area is 125 Å². The van der Waals surface area contributed by atoms with Crippen molar-refractivity contribution >= 4 is 22.5 Å². The minimum atomic E-state index is 0.227. The maximum atomic E-state index is 6.02. The highest BCUT2D eigenvalue weighted by molar-refractivity contribution is 6.31. The SMILES string of the molecule is Clc1ccc2ncnc(Oc3ccc4c(c3)OCO4)c2c1. The molecule has 5 nitrogen and oxygen atoms in total. The second-order valence-electron chi connectivity index (χ2n) is 4.46. The predicted molar refractivity (Wildman–Crippen MR) is 77.2 cm³/mol. The quantitative estimate of drug-likeness (QED) is 0.720. The van der Waals surface area contributed by atoms with Crippen LogP contribution >= 0.6 is 11.6 Å². The largest absolute Gasteiger partial charge is 0.454 e. The van der Waals surface area contributed by atoms with Crippen LogP contribution in [0.25, 0.3) is 10.9 Å². The number of rotatable bonds is 2. The molecular formula is C15H9ClN2O3. The lowest BCUT2D eigenvalue weighted by Gasteiger charge is -2.08.